The summed E-state index contributed by atoms with van der Waals surface area (Å²) in [6.07, 6.45) is 0.772. The molecule has 1 amide bonds. The first-order valence-corrected chi connectivity index (χ1v) is 8.22. The van der Waals surface area contributed by atoms with Crippen molar-refractivity contribution in [2.24, 2.45) is 0 Å². The number of amides is 1. The number of ether oxygens (including phenoxy) is 1. The van der Waals surface area contributed by atoms with Gasteiger partial charge in [0.05, 0.1) is 10.0 Å². The molecule has 0 saturated heterocycles. The van der Waals surface area contributed by atoms with Crippen molar-refractivity contribution in [2.75, 3.05) is 27.3 Å². The van der Waals surface area contributed by atoms with Crippen LogP contribution in [0.5, 0.6) is 0 Å². The number of rotatable bonds is 5. The van der Waals surface area contributed by atoms with Crippen LogP contribution in [-0.4, -0.2) is 38.1 Å². The van der Waals surface area contributed by atoms with Crippen molar-refractivity contribution < 1.29 is 9.53 Å². The maximum Gasteiger partial charge on any atom is 0.265 e. The van der Waals surface area contributed by atoms with E-state index in [0.29, 0.717) is 38.5 Å². The SMILES string of the molecule is COCCCN(C)C(=O)c1sc2cc(Cl)cc(Cl)c2c1Cl. The van der Waals surface area contributed by atoms with Gasteiger partial charge in [-0.25, -0.2) is 0 Å². The van der Waals surface area contributed by atoms with Crippen molar-refractivity contribution in [1.29, 1.82) is 0 Å². The van der Waals surface area contributed by atoms with Crippen LogP contribution >= 0.6 is 46.1 Å². The van der Waals surface area contributed by atoms with Crippen LogP contribution in [0.15, 0.2) is 12.1 Å². The van der Waals surface area contributed by atoms with Crippen LogP contribution in [0.1, 0.15) is 16.1 Å². The lowest BCUT2D eigenvalue weighted by Gasteiger charge is -2.16. The third-order valence-corrected chi connectivity index (χ3v) is 5.16. The molecule has 0 fully saturated rings. The minimum atomic E-state index is -0.121. The molecule has 0 radical (unpaired) electrons. The van der Waals surface area contributed by atoms with Crippen molar-refractivity contribution in [3.05, 3.63) is 32.1 Å². The van der Waals surface area contributed by atoms with Gasteiger partial charge in [-0.3, -0.25) is 4.79 Å². The smallest absolute Gasteiger partial charge is 0.265 e. The summed E-state index contributed by atoms with van der Waals surface area (Å²) in [5.74, 6) is -0.121. The Balaban J connectivity index is 2.32. The summed E-state index contributed by atoms with van der Waals surface area (Å²) in [7, 11) is 3.38. The average molecular weight is 367 g/mol. The number of hydrogen-bond acceptors (Lipinski definition) is 3. The predicted octanol–water partition coefficient (Wildman–Crippen LogP) is 4.97. The van der Waals surface area contributed by atoms with Gasteiger partial charge in [0.2, 0.25) is 0 Å². The monoisotopic (exact) mass is 365 g/mol. The van der Waals surface area contributed by atoms with Gasteiger partial charge < -0.3 is 9.64 Å². The van der Waals surface area contributed by atoms with Crippen molar-refractivity contribution in [1.82, 2.24) is 4.90 Å². The Kier molecular flexibility index (Phi) is 5.74. The fourth-order valence-corrected chi connectivity index (χ4v) is 4.34. The van der Waals surface area contributed by atoms with E-state index in [9.17, 15) is 4.79 Å². The molecule has 21 heavy (non-hydrogen) atoms. The molecule has 0 spiro atoms. The Hall–Kier alpha value is -0.520. The molecule has 0 bridgehead atoms. The first-order valence-electron chi connectivity index (χ1n) is 6.27. The van der Waals surface area contributed by atoms with Crippen LogP contribution in [0.2, 0.25) is 15.1 Å². The maximum atomic E-state index is 12.5. The quantitative estimate of drug-likeness (QED) is 0.699. The molecule has 0 unspecified atom stereocenters. The van der Waals surface area contributed by atoms with Gasteiger partial charge in [0.15, 0.2) is 0 Å². The van der Waals surface area contributed by atoms with Gasteiger partial charge in [-0.15, -0.1) is 11.3 Å². The highest BCUT2D eigenvalue weighted by Gasteiger charge is 2.22. The van der Waals surface area contributed by atoms with Crippen molar-refractivity contribution in [3.8, 4) is 0 Å². The first-order chi connectivity index (χ1) is 9.95. The number of halogens is 3. The molecule has 0 aliphatic carbocycles. The van der Waals surface area contributed by atoms with Crippen molar-refractivity contribution >= 4 is 62.1 Å². The Morgan fingerprint density at radius 2 is 2.05 bits per heavy atom. The molecule has 114 valence electrons. The van der Waals surface area contributed by atoms with Crippen LogP contribution in [0, 0.1) is 0 Å². The predicted molar refractivity (Wildman–Crippen MR) is 90.3 cm³/mol. The lowest BCUT2D eigenvalue weighted by Crippen LogP contribution is -2.27. The van der Waals surface area contributed by atoms with E-state index in [1.54, 1.807) is 31.2 Å². The Bertz CT molecular complexity index is 672. The molecule has 0 atom stereocenters. The minimum Gasteiger partial charge on any atom is -0.385 e. The fourth-order valence-electron chi connectivity index (χ4n) is 1.97. The second kappa shape index (κ2) is 7.16. The molecule has 7 heteroatoms. The molecule has 2 rings (SSSR count). The summed E-state index contributed by atoms with van der Waals surface area (Å²) < 4.78 is 5.80. The summed E-state index contributed by atoms with van der Waals surface area (Å²) in [4.78, 5) is 14.6. The van der Waals surface area contributed by atoms with Gasteiger partial charge in [0, 0.05) is 42.4 Å². The molecule has 1 heterocycles. The Morgan fingerprint density at radius 1 is 1.33 bits per heavy atom. The summed E-state index contributed by atoms with van der Waals surface area (Å²) >= 11 is 19.8. The average Bonchev–Trinajstić information content (AvgIpc) is 2.75. The molecule has 0 aliphatic rings. The molecule has 3 nitrogen and oxygen atoms in total. The first kappa shape index (κ1) is 16.8. The molecular weight excluding hydrogens is 353 g/mol. The highest BCUT2D eigenvalue weighted by Crippen LogP contribution is 2.41. The highest BCUT2D eigenvalue weighted by molar-refractivity contribution is 7.21. The van der Waals surface area contributed by atoms with Crippen molar-refractivity contribution in [2.45, 2.75) is 6.42 Å². The molecule has 1 aromatic heterocycles. The van der Waals surface area contributed by atoms with Gasteiger partial charge in [-0.1, -0.05) is 34.8 Å². The fraction of sp³-hybridized carbons (Fsp3) is 0.357. The maximum absolute atomic E-state index is 12.5. The number of methoxy groups -OCH3 is 1. The minimum absolute atomic E-state index is 0.121. The zero-order valence-corrected chi connectivity index (χ0v) is 14.7. The van der Waals surface area contributed by atoms with E-state index in [-0.39, 0.29) is 5.91 Å². The van der Waals surface area contributed by atoms with E-state index in [1.807, 2.05) is 0 Å². The van der Waals surface area contributed by atoms with Gasteiger partial charge in [-0.2, -0.15) is 0 Å². The van der Waals surface area contributed by atoms with Gasteiger partial charge in [-0.05, 0) is 18.6 Å². The Labute approximate surface area is 142 Å². The number of hydrogen-bond donors (Lipinski definition) is 0. The van der Waals surface area contributed by atoms with Crippen LogP contribution < -0.4 is 0 Å². The van der Waals surface area contributed by atoms with Gasteiger partial charge in [0.25, 0.3) is 5.91 Å². The number of benzene rings is 1. The summed E-state index contributed by atoms with van der Waals surface area (Å²) in [6, 6.07) is 3.39. The number of carbonyl (C=O) groups excluding carboxylic acids is 1. The van der Waals surface area contributed by atoms with E-state index < -0.39 is 0 Å². The third-order valence-electron chi connectivity index (χ3n) is 3.03. The number of carbonyl (C=O) groups is 1. The third kappa shape index (κ3) is 3.63. The number of nitrogens with zero attached hydrogens (tertiary/aromatic N) is 1. The highest BCUT2D eigenvalue weighted by atomic mass is 35.5. The molecule has 0 saturated carbocycles. The van der Waals surface area contributed by atoms with E-state index in [0.717, 1.165) is 11.1 Å². The van der Waals surface area contributed by atoms with E-state index >= 15 is 0 Å². The molecular formula is C14H14Cl3NO2S. The lowest BCUT2D eigenvalue weighted by atomic mass is 10.2. The second-order valence-electron chi connectivity index (χ2n) is 4.58. The molecule has 0 aliphatic heterocycles. The zero-order valence-electron chi connectivity index (χ0n) is 11.6. The number of thiophene rings is 1. The van der Waals surface area contributed by atoms with Crippen molar-refractivity contribution in [3.63, 3.8) is 0 Å². The largest absolute Gasteiger partial charge is 0.385 e. The summed E-state index contributed by atoms with van der Waals surface area (Å²) in [5, 5.41) is 2.05. The lowest BCUT2D eigenvalue weighted by molar-refractivity contribution is 0.0784. The summed E-state index contributed by atoms with van der Waals surface area (Å²) in [6.45, 7) is 1.21. The molecule has 2 aromatic rings. The molecule has 0 N–H and O–H groups in total. The molecule has 1 aromatic carbocycles. The number of fused-ring (bicyclic) bond motifs is 1. The van der Waals surface area contributed by atoms with Crippen LogP contribution in [-0.2, 0) is 4.74 Å². The normalized spacial score (nSPS) is 11.1. The van der Waals surface area contributed by atoms with E-state index in [1.165, 1.54) is 11.3 Å². The van der Waals surface area contributed by atoms with Crippen LogP contribution in [0.4, 0.5) is 0 Å². The standard InChI is InChI=1S/C14H14Cl3NO2S/c1-18(4-3-5-20-2)14(19)13-12(17)11-9(16)6-8(15)7-10(11)21-13/h6-7H,3-5H2,1-2H3. The van der Waals surface area contributed by atoms with Crippen LogP contribution in [0.25, 0.3) is 10.1 Å². The second-order valence-corrected chi connectivity index (χ2v) is 6.85. The van der Waals surface area contributed by atoms with Crippen LogP contribution in [0.3, 0.4) is 0 Å². The van der Waals surface area contributed by atoms with Gasteiger partial charge in [0.1, 0.15) is 4.88 Å². The Morgan fingerprint density at radius 3 is 2.71 bits per heavy atom. The van der Waals surface area contributed by atoms with Gasteiger partial charge >= 0.3 is 0 Å². The van der Waals surface area contributed by atoms with E-state index in [4.69, 9.17) is 39.5 Å². The van der Waals surface area contributed by atoms with E-state index in [2.05, 4.69) is 0 Å². The zero-order chi connectivity index (χ0) is 15.6. The topological polar surface area (TPSA) is 29.5 Å². The summed E-state index contributed by atoms with van der Waals surface area (Å²) in [5.41, 5.74) is 0.